The van der Waals surface area contributed by atoms with Crippen molar-refractivity contribution in [1.82, 2.24) is 15.8 Å². The lowest BCUT2D eigenvalue weighted by atomic mass is 10.1. The maximum Gasteiger partial charge on any atom is 0.281 e. The standard InChI is InChI=1S/C15H14ClN3O2S/c1-8-13(22-7-17-8)15(21)19-18-14(20)11-6-10(11)9-4-2-3-5-12(9)16/h2-5,7,10-11H,6H2,1H3,(H,18,20)(H,19,21)/t10-,11-/m1/s1. The summed E-state index contributed by atoms with van der Waals surface area (Å²) in [5, 5.41) is 0.673. The highest BCUT2D eigenvalue weighted by Gasteiger charge is 2.44. The molecule has 1 fully saturated rings. The van der Waals surface area contributed by atoms with Crippen LogP contribution in [0.3, 0.4) is 0 Å². The fourth-order valence-electron chi connectivity index (χ4n) is 2.39. The van der Waals surface area contributed by atoms with E-state index in [4.69, 9.17) is 11.6 Å². The highest BCUT2D eigenvalue weighted by atomic mass is 35.5. The minimum atomic E-state index is -0.344. The van der Waals surface area contributed by atoms with E-state index in [1.807, 2.05) is 24.3 Å². The topological polar surface area (TPSA) is 71.1 Å². The van der Waals surface area contributed by atoms with Crippen LogP contribution < -0.4 is 10.9 Å². The predicted molar refractivity (Wildman–Crippen MR) is 84.8 cm³/mol. The molecule has 1 aromatic carbocycles. The lowest BCUT2D eigenvalue weighted by Crippen LogP contribution is -2.42. The van der Waals surface area contributed by atoms with Crippen LogP contribution in [0.25, 0.3) is 0 Å². The molecule has 7 heteroatoms. The molecule has 3 rings (SSSR count). The highest BCUT2D eigenvalue weighted by molar-refractivity contribution is 7.11. The molecule has 2 N–H and O–H groups in total. The molecule has 114 valence electrons. The summed E-state index contributed by atoms with van der Waals surface area (Å²) in [6.07, 6.45) is 0.741. The summed E-state index contributed by atoms with van der Waals surface area (Å²) in [5.41, 5.74) is 8.14. The average molecular weight is 336 g/mol. The second-order valence-electron chi connectivity index (χ2n) is 5.18. The van der Waals surface area contributed by atoms with Gasteiger partial charge in [-0.1, -0.05) is 29.8 Å². The zero-order valence-corrected chi connectivity index (χ0v) is 13.4. The number of hydrazine groups is 1. The number of benzene rings is 1. The van der Waals surface area contributed by atoms with Crippen LogP contribution in [-0.4, -0.2) is 16.8 Å². The van der Waals surface area contributed by atoms with Crippen molar-refractivity contribution >= 4 is 34.8 Å². The summed E-state index contributed by atoms with van der Waals surface area (Å²) in [7, 11) is 0. The molecule has 5 nitrogen and oxygen atoms in total. The molecule has 1 aromatic heterocycles. The number of carbonyl (C=O) groups is 2. The molecule has 22 heavy (non-hydrogen) atoms. The minimum absolute atomic E-state index is 0.121. The number of aryl methyl sites for hydroxylation is 1. The minimum Gasteiger partial charge on any atom is -0.273 e. The van der Waals surface area contributed by atoms with E-state index in [9.17, 15) is 9.59 Å². The zero-order chi connectivity index (χ0) is 15.7. The molecule has 2 aromatic rings. The van der Waals surface area contributed by atoms with E-state index in [2.05, 4.69) is 15.8 Å². The van der Waals surface area contributed by atoms with Gasteiger partial charge < -0.3 is 0 Å². The van der Waals surface area contributed by atoms with E-state index < -0.39 is 0 Å². The molecule has 1 saturated carbocycles. The number of amides is 2. The quantitative estimate of drug-likeness (QED) is 0.847. The number of carbonyl (C=O) groups excluding carboxylic acids is 2. The van der Waals surface area contributed by atoms with E-state index in [0.29, 0.717) is 15.6 Å². The average Bonchev–Trinajstić information content (AvgIpc) is 3.19. The number of thiazole rings is 1. The molecule has 2 amide bonds. The fourth-order valence-corrected chi connectivity index (χ4v) is 3.37. The Labute approximate surface area is 136 Å². The van der Waals surface area contributed by atoms with Crippen LogP contribution in [0.2, 0.25) is 5.02 Å². The van der Waals surface area contributed by atoms with Crippen LogP contribution in [0.4, 0.5) is 0 Å². The van der Waals surface area contributed by atoms with Crippen LogP contribution >= 0.6 is 22.9 Å². The van der Waals surface area contributed by atoms with Gasteiger partial charge in [-0.3, -0.25) is 20.4 Å². The molecule has 2 atom stereocenters. The second-order valence-corrected chi connectivity index (χ2v) is 6.44. The Bertz CT molecular complexity index is 731. The van der Waals surface area contributed by atoms with Crippen molar-refractivity contribution < 1.29 is 9.59 Å². The molecule has 0 spiro atoms. The number of hydrogen-bond acceptors (Lipinski definition) is 4. The van der Waals surface area contributed by atoms with Gasteiger partial charge in [0.05, 0.1) is 11.2 Å². The molecule has 0 saturated heterocycles. The monoisotopic (exact) mass is 335 g/mol. The predicted octanol–water partition coefficient (Wildman–Crippen LogP) is 2.67. The van der Waals surface area contributed by atoms with Crippen molar-refractivity contribution in [2.75, 3.05) is 0 Å². The van der Waals surface area contributed by atoms with Gasteiger partial charge in [-0.2, -0.15) is 0 Å². The van der Waals surface area contributed by atoms with Gasteiger partial charge in [0.15, 0.2) is 0 Å². The first-order chi connectivity index (χ1) is 10.6. The third kappa shape index (κ3) is 2.98. The van der Waals surface area contributed by atoms with Crippen LogP contribution in [0, 0.1) is 12.8 Å². The van der Waals surface area contributed by atoms with Crippen LogP contribution in [0.15, 0.2) is 29.8 Å². The first-order valence-corrected chi connectivity index (χ1v) is 8.08. The third-order valence-electron chi connectivity index (χ3n) is 3.68. The number of aromatic nitrogens is 1. The summed E-state index contributed by atoms with van der Waals surface area (Å²) in [5.74, 6) is -0.567. The molecule has 1 aliphatic rings. The van der Waals surface area contributed by atoms with Gasteiger partial charge in [0, 0.05) is 10.9 Å². The Hall–Kier alpha value is -1.92. The Morgan fingerprint density at radius 3 is 2.77 bits per heavy atom. The van der Waals surface area contributed by atoms with E-state index in [1.54, 1.807) is 12.4 Å². The lowest BCUT2D eigenvalue weighted by Gasteiger charge is -2.07. The van der Waals surface area contributed by atoms with Crippen LogP contribution in [-0.2, 0) is 4.79 Å². The highest BCUT2D eigenvalue weighted by Crippen LogP contribution is 2.49. The molecular formula is C15H14ClN3O2S. The van der Waals surface area contributed by atoms with Gasteiger partial charge in [0.1, 0.15) is 4.88 Å². The number of hydrogen-bond donors (Lipinski definition) is 2. The third-order valence-corrected chi connectivity index (χ3v) is 4.95. The van der Waals surface area contributed by atoms with Crippen molar-refractivity contribution in [2.45, 2.75) is 19.3 Å². The van der Waals surface area contributed by atoms with Gasteiger partial charge in [0.2, 0.25) is 5.91 Å². The molecule has 0 unspecified atom stereocenters. The smallest absolute Gasteiger partial charge is 0.273 e. The number of rotatable bonds is 3. The summed E-state index contributed by atoms with van der Waals surface area (Å²) in [6.45, 7) is 1.75. The van der Waals surface area contributed by atoms with Gasteiger partial charge >= 0.3 is 0 Å². The van der Waals surface area contributed by atoms with Crippen molar-refractivity contribution in [3.05, 3.63) is 50.9 Å². The summed E-state index contributed by atoms with van der Waals surface area (Å²) >= 11 is 7.38. The summed E-state index contributed by atoms with van der Waals surface area (Å²) in [6, 6.07) is 7.52. The zero-order valence-electron chi connectivity index (χ0n) is 11.8. The number of nitrogens with one attached hydrogen (secondary N) is 2. The number of nitrogens with zero attached hydrogens (tertiary/aromatic N) is 1. The molecule has 1 heterocycles. The van der Waals surface area contributed by atoms with Gasteiger partial charge in [-0.25, -0.2) is 4.98 Å². The summed E-state index contributed by atoms with van der Waals surface area (Å²) in [4.78, 5) is 28.5. The number of halogens is 1. The van der Waals surface area contributed by atoms with E-state index in [0.717, 1.165) is 12.0 Å². The van der Waals surface area contributed by atoms with Crippen molar-refractivity contribution in [3.63, 3.8) is 0 Å². The fraction of sp³-hybridized carbons (Fsp3) is 0.267. The van der Waals surface area contributed by atoms with Crippen molar-refractivity contribution in [1.29, 1.82) is 0 Å². The second kappa shape index (κ2) is 6.06. The van der Waals surface area contributed by atoms with E-state index in [1.165, 1.54) is 11.3 Å². The largest absolute Gasteiger partial charge is 0.281 e. The Morgan fingerprint density at radius 1 is 1.32 bits per heavy atom. The van der Waals surface area contributed by atoms with Crippen LogP contribution in [0.1, 0.15) is 33.3 Å². The Kier molecular flexibility index (Phi) is 4.13. The van der Waals surface area contributed by atoms with Crippen LogP contribution in [0.5, 0.6) is 0 Å². The maximum atomic E-state index is 12.1. The van der Waals surface area contributed by atoms with E-state index >= 15 is 0 Å². The van der Waals surface area contributed by atoms with Gasteiger partial charge in [0.25, 0.3) is 5.91 Å². The van der Waals surface area contributed by atoms with Gasteiger partial charge in [-0.15, -0.1) is 11.3 Å². The van der Waals surface area contributed by atoms with Crippen molar-refractivity contribution in [2.24, 2.45) is 5.92 Å². The molecule has 0 aliphatic heterocycles. The van der Waals surface area contributed by atoms with E-state index in [-0.39, 0.29) is 23.7 Å². The SMILES string of the molecule is Cc1ncsc1C(=O)NNC(=O)[C@@H]1C[C@@H]1c1ccccc1Cl. The molecule has 0 bridgehead atoms. The molecule has 1 aliphatic carbocycles. The van der Waals surface area contributed by atoms with Gasteiger partial charge in [-0.05, 0) is 30.9 Å². The first-order valence-electron chi connectivity index (χ1n) is 6.82. The normalized spacial score (nSPS) is 19.5. The summed E-state index contributed by atoms with van der Waals surface area (Å²) < 4.78 is 0. The first kappa shape index (κ1) is 15.0. The molecule has 0 radical (unpaired) electrons. The lowest BCUT2D eigenvalue weighted by molar-refractivity contribution is -0.123. The van der Waals surface area contributed by atoms with Crippen molar-refractivity contribution in [3.8, 4) is 0 Å². The molecular weight excluding hydrogens is 322 g/mol. The maximum absolute atomic E-state index is 12.1. The Morgan fingerprint density at radius 2 is 2.09 bits per heavy atom. The Balaban J connectivity index is 1.55.